The largest absolute Gasteiger partial charge is 0.375 e. The van der Waals surface area contributed by atoms with E-state index in [0.717, 1.165) is 0 Å². The second kappa shape index (κ2) is 9.70. The fraction of sp³-hybridized carbons (Fsp3) is 0.438. The van der Waals surface area contributed by atoms with Crippen molar-refractivity contribution >= 4 is 34.8 Å². The molecule has 0 spiro atoms. The van der Waals surface area contributed by atoms with Gasteiger partial charge in [-0.15, -0.1) is 0 Å². The summed E-state index contributed by atoms with van der Waals surface area (Å²) in [6.07, 6.45) is 0.688. The van der Waals surface area contributed by atoms with Crippen molar-refractivity contribution in [3.05, 3.63) is 23.2 Å². The minimum absolute atomic E-state index is 0.0736. The summed E-state index contributed by atoms with van der Waals surface area (Å²) >= 11 is 6.10. The van der Waals surface area contributed by atoms with Crippen LogP contribution in [0.25, 0.3) is 0 Å². The lowest BCUT2D eigenvalue weighted by Crippen LogP contribution is -2.36. The normalized spacial score (nSPS) is 9.83. The van der Waals surface area contributed by atoms with E-state index in [1.165, 1.54) is 0 Å². The summed E-state index contributed by atoms with van der Waals surface area (Å²) in [5, 5.41) is 14.8. The number of carbonyl (C=O) groups is 2. The summed E-state index contributed by atoms with van der Waals surface area (Å²) in [7, 11) is 0. The third-order valence-corrected chi connectivity index (χ3v) is 3.56. The monoisotopic (exact) mass is 336 g/mol. The number of carbonyl (C=O) groups excluding carboxylic acids is 2. The second-order valence-corrected chi connectivity index (χ2v) is 5.24. The van der Waals surface area contributed by atoms with Gasteiger partial charge in [-0.1, -0.05) is 18.5 Å². The molecule has 0 aromatic heterocycles. The van der Waals surface area contributed by atoms with E-state index in [2.05, 4.69) is 10.6 Å². The number of benzene rings is 1. The average Bonchev–Trinajstić information content (AvgIpc) is 2.55. The molecule has 2 amide bonds. The fourth-order valence-electron chi connectivity index (χ4n) is 1.91. The van der Waals surface area contributed by atoms with E-state index in [1.807, 2.05) is 13.0 Å². The molecule has 0 aliphatic rings. The Morgan fingerprint density at radius 2 is 2.09 bits per heavy atom. The maximum atomic E-state index is 12.1. The van der Waals surface area contributed by atoms with E-state index in [1.54, 1.807) is 30.0 Å². The predicted molar refractivity (Wildman–Crippen MR) is 91.3 cm³/mol. The lowest BCUT2D eigenvalue weighted by Gasteiger charge is -2.20. The van der Waals surface area contributed by atoms with Crippen molar-refractivity contribution in [1.29, 1.82) is 5.26 Å². The molecule has 23 heavy (non-hydrogen) atoms. The quantitative estimate of drug-likeness (QED) is 0.764. The molecular weight excluding hydrogens is 316 g/mol. The summed E-state index contributed by atoms with van der Waals surface area (Å²) in [5.74, 6) is -0.204. The predicted octanol–water partition coefficient (Wildman–Crippen LogP) is 2.86. The van der Waals surface area contributed by atoms with Crippen LogP contribution < -0.4 is 10.6 Å². The molecule has 0 fully saturated rings. The van der Waals surface area contributed by atoms with E-state index >= 15 is 0 Å². The molecule has 7 heteroatoms. The highest BCUT2D eigenvalue weighted by atomic mass is 35.5. The van der Waals surface area contributed by atoms with Gasteiger partial charge in [0.05, 0.1) is 29.7 Å². The Labute approximate surface area is 141 Å². The number of halogens is 1. The van der Waals surface area contributed by atoms with Gasteiger partial charge in [0.2, 0.25) is 11.8 Å². The Morgan fingerprint density at radius 1 is 1.35 bits per heavy atom. The number of hydrogen-bond donors (Lipinski definition) is 2. The van der Waals surface area contributed by atoms with E-state index in [-0.39, 0.29) is 18.4 Å². The lowest BCUT2D eigenvalue weighted by molar-refractivity contribution is -0.129. The molecule has 0 heterocycles. The van der Waals surface area contributed by atoms with E-state index in [4.69, 9.17) is 16.9 Å². The molecule has 0 unspecified atom stereocenters. The molecule has 124 valence electrons. The van der Waals surface area contributed by atoms with Gasteiger partial charge in [-0.25, -0.2) is 0 Å². The highest BCUT2D eigenvalue weighted by molar-refractivity contribution is 6.33. The van der Waals surface area contributed by atoms with Crippen LogP contribution in [0.2, 0.25) is 5.02 Å². The van der Waals surface area contributed by atoms with Crippen LogP contribution in [0.1, 0.15) is 26.7 Å². The van der Waals surface area contributed by atoms with Crippen molar-refractivity contribution in [1.82, 2.24) is 4.90 Å². The van der Waals surface area contributed by atoms with Crippen molar-refractivity contribution in [2.45, 2.75) is 26.7 Å². The van der Waals surface area contributed by atoms with Gasteiger partial charge in [-0.05, 0) is 25.1 Å². The Bertz CT molecular complexity index is 598. The molecule has 0 bridgehead atoms. The van der Waals surface area contributed by atoms with Crippen LogP contribution in [0.5, 0.6) is 0 Å². The van der Waals surface area contributed by atoms with Crippen LogP contribution in [-0.2, 0) is 9.59 Å². The van der Waals surface area contributed by atoms with Gasteiger partial charge in [-0.3, -0.25) is 9.59 Å². The molecule has 1 aromatic carbocycles. The second-order valence-electron chi connectivity index (χ2n) is 4.83. The van der Waals surface area contributed by atoms with Gasteiger partial charge in [0.1, 0.15) is 0 Å². The van der Waals surface area contributed by atoms with Crippen molar-refractivity contribution in [3.8, 4) is 6.07 Å². The van der Waals surface area contributed by atoms with Crippen molar-refractivity contribution < 1.29 is 9.59 Å². The van der Waals surface area contributed by atoms with E-state index in [0.29, 0.717) is 42.3 Å². The first-order valence-electron chi connectivity index (χ1n) is 7.49. The lowest BCUT2D eigenvalue weighted by atomic mass is 10.2. The zero-order valence-corrected chi connectivity index (χ0v) is 14.1. The van der Waals surface area contributed by atoms with Crippen LogP contribution in [0.15, 0.2) is 18.2 Å². The molecule has 0 saturated carbocycles. The van der Waals surface area contributed by atoms with Crippen LogP contribution in [0.4, 0.5) is 11.4 Å². The van der Waals surface area contributed by atoms with Gasteiger partial charge in [0.25, 0.3) is 0 Å². The summed E-state index contributed by atoms with van der Waals surface area (Å²) in [6, 6.07) is 7.08. The first kappa shape index (κ1) is 18.8. The Kier molecular flexibility index (Phi) is 7.92. The zero-order valence-electron chi connectivity index (χ0n) is 13.4. The number of nitriles is 1. The fourth-order valence-corrected chi connectivity index (χ4v) is 2.10. The number of nitrogens with one attached hydrogen (secondary N) is 2. The minimum atomic E-state index is -0.109. The Morgan fingerprint density at radius 3 is 2.70 bits per heavy atom. The van der Waals surface area contributed by atoms with E-state index < -0.39 is 0 Å². The van der Waals surface area contributed by atoms with Gasteiger partial charge >= 0.3 is 0 Å². The molecular formula is C16H21ClN4O2. The first-order chi connectivity index (χ1) is 11.0. The molecule has 1 rings (SSSR count). The van der Waals surface area contributed by atoms with E-state index in [9.17, 15) is 9.59 Å². The Balaban J connectivity index is 2.69. The number of rotatable bonds is 8. The molecule has 0 atom stereocenters. The molecule has 0 aliphatic heterocycles. The third-order valence-electron chi connectivity index (χ3n) is 3.23. The SMILES string of the molecule is CCC(=O)Nc1ccc(Cl)c(NCC(=O)N(CC)CCC#N)c1. The van der Waals surface area contributed by atoms with Gasteiger partial charge in [0, 0.05) is 25.2 Å². The molecule has 1 aromatic rings. The standard InChI is InChI=1S/C16H21ClN4O2/c1-3-15(22)20-12-6-7-13(17)14(10-12)19-11-16(23)21(4-2)9-5-8-18/h6-7,10,19H,3-5,9,11H2,1-2H3,(H,20,22). The maximum Gasteiger partial charge on any atom is 0.241 e. The van der Waals surface area contributed by atoms with Crippen LogP contribution in [-0.4, -0.2) is 36.3 Å². The topological polar surface area (TPSA) is 85.2 Å². The third kappa shape index (κ3) is 6.17. The number of amides is 2. The summed E-state index contributed by atoms with van der Waals surface area (Å²) < 4.78 is 0. The van der Waals surface area contributed by atoms with Crippen LogP contribution >= 0.6 is 11.6 Å². The summed E-state index contributed by atoms with van der Waals surface area (Å²) in [4.78, 5) is 25.1. The first-order valence-corrected chi connectivity index (χ1v) is 7.87. The molecule has 0 aliphatic carbocycles. The number of nitrogens with zero attached hydrogens (tertiary/aromatic N) is 2. The van der Waals surface area contributed by atoms with Gasteiger partial charge < -0.3 is 15.5 Å². The smallest absolute Gasteiger partial charge is 0.241 e. The Hall–Kier alpha value is -2.26. The molecule has 0 saturated heterocycles. The number of likely N-dealkylation sites (N-methyl/N-ethyl adjacent to an activating group) is 1. The van der Waals surface area contributed by atoms with Crippen molar-refractivity contribution in [2.75, 3.05) is 30.3 Å². The van der Waals surface area contributed by atoms with Crippen molar-refractivity contribution in [2.24, 2.45) is 0 Å². The highest BCUT2D eigenvalue weighted by Gasteiger charge is 2.12. The molecule has 0 radical (unpaired) electrons. The molecule has 2 N–H and O–H groups in total. The number of anilines is 2. The zero-order chi connectivity index (χ0) is 17.2. The minimum Gasteiger partial charge on any atom is -0.375 e. The van der Waals surface area contributed by atoms with Crippen LogP contribution in [0, 0.1) is 11.3 Å². The maximum absolute atomic E-state index is 12.1. The van der Waals surface area contributed by atoms with Gasteiger partial charge in [0.15, 0.2) is 0 Å². The average molecular weight is 337 g/mol. The van der Waals surface area contributed by atoms with Crippen LogP contribution in [0.3, 0.4) is 0 Å². The van der Waals surface area contributed by atoms with Crippen molar-refractivity contribution in [3.63, 3.8) is 0 Å². The number of hydrogen-bond acceptors (Lipinski definition) is 4. The molecule has 6 nitrogen and oxygen atoms in total. The highest BCUT2D eigenvalue weighted by Crippen LogP contribution is 2.25. The van der Waals surface area contributed by atoms with Gasteiger partial charge in [-0.2, -0.15) is 5.26 Å². The summed E-state index contributed by atoms with van der Waals surface area (Å²) in [6.45, 7) is 4.66. The summed E-state index contributed by atoms with van der Waals surface area (Å²) in [5.41, 5.74) is 1.19.